The molecule has 0 aliphatic carbocycles. The van der Waals surface area contributed by atoms with Gasteiger partial charge >= 0.3 is 6.18 Å². The number of amides is 1. The molecule has 4 nitrogen and oxygen atoms in total. The number of hydrogen-bond acceptors (Lipinski definition) is 3. The maximum atomic E-state index is 12.9. The Balaban J connectivity index is 3.01. The molecular formula is C12H13F3N2O2S. The number of nitrogens with two attached hydrogens (primary N) is 1. The second-order valence-electron chi connectivity index (χ2n) is 3.91. The largest absolute Gasteiger partial charge is 0.417 e. The summed E-state index contributed by atoms with van der Waals surface area (Å²) in [5.41, 5.74) is 4.03. The standard InChI is InChI=1S/C12H13F3N2O2S/c1-19-5-4-10(18)17-7-2-3-8(11(16)20)9(6-7)12(13,14)15/h2-3,6H,4-5H2,1H3,(H2,16,20)(H,17,18). The molecule has 0 radical (unpaired) electrons. The van der Waals surface area contributed by atoms with Crippen LogP contribution < -0.4 is 11.1 Å². The third kappa shape index (κ3) is 4.46. The summed E-state index contributed by atoms with van der Waals surface area (Å²) in [6, 6.07) is 3.25. The Labute approximate surface area is 119 Å². The summed E-state index contributed by atoms with van der Waals surface area (Å²) in [7, 11) is 1.42. The van der Waals surface area contributed by atoms with Crippen LogP contribution in [0, 0.1) is 0 Å². The number of rotatable bonds is 5. The van der Waals surface area contributed by atoms with Gasteiger partial charge in [0.2, 0.25) is 5.91 Å². The van der Waals surface area contributed by atoms with E-state index in [1.165, 1.54) is 13.2 Å². The molecule has 1 aromatic rings. The Morgan fingerprint density at radius 1 is 1.45 bits per heavy atom. The molecule has 0 saturated carbocycles. The van der Waals surface area contributed by atoms with Gasteiger partial charge in [0.15, 0.2) is 0 Å². The molecule has 0 aliphatic heterocycles. The molecule has 3 N–H and O–H groups in total. The van der Waals surface area contributed by atoms with E-state index in [-0.39, 0.29) is 29.3 Å². The van der Waals surface area contributed by atoms with Crippen LogP contribution >= 0.6 is 12.2 Å². The van der Waals surface area contributed by atoms with E-state index < -0.39 is 17.6 Å². The Bertz CT molecular complexity index is 518. The van der Waals surface area contributed by atoms with Crippen molar-refractivity contribution in [2.45, 2.75) is 12.6 Å². The summed E-state index contributed by atoms with van der Waals surface area (Å²) in [5.74, 6) is -0.442. The van der Waals surface area contributed by atoms with Crippen LogP contribution in [0.2, 0.25) is 0 Å². The van der Waals surface area contributed by atoms with Gasteiger partial charge in [-0.05, 0) is 18.2 Å². The average Bonchev–Trinajstić information content (AvgIpc) is 2.35. The fourth-order valence-electron chi connectivity index (χ4n) is 1.49. The van der Waals surface area contributed by atoms with Gasteiger partial charge in [-0.2, -0.15) is 13.2 Å². The minimum Gasteiger partial charge on any atom is -0.389 e. The zero-order chi connectivity index (χ0) is 15.3. The van der Waals surface area contributed by atoms with Crippen molar-refractivity contribution in [1.82, 2.24) is 0 Å². The molecule has 0 aliphatic rings. The molecule has 0 bridgehead atoms. The van der Waals surface area contributed by atoms with Crippen molar-refractivity contribution >= 4 is 28.8 Å². The van der Waals surface area contributed by atoms with E-state index in [2.05, 4.69) is 17.5 Å². The minimum atomic E-state index is -4.61. The predicted molar refractivity (Wildman–Crippen MR) is 72.5 cm³/mol. The summed E-state index contributed by atoms with van der Waals surface area (Å²) in [5, 5.41) is 2.35. The summed E-state index contributed by atoms with van der Waals surface area (Å²) < 4.78 is 43.3. The molecule has 0 atom stereocenters. The number of anilines is 1. The molecule has 110 valence electrons. The van der Waals surface area contributed by atoms with Crippen LogP contribution in [0.5, 0.6) is 0 Å². The van der Waals surface area contributed by atoms with Crippen LogP contribution in [0.25, 0.3) is 0 Å². The highest BCUT2D eigenvalue weighted by atomic mass is 32.1. The van der Waals surface area contributed by atoms with Crippen LogP contribution in [0.1, 0.15) is 17.5 Å². The lowest BCUT2D eigenvalue weighted by Gasteiger charge is -2.14. The van der Waals surface area contributed by atoms with E-state index in [0.29, 0.717) is 0 Å². The normalized spacial score (nSPS) is 11.2. The van der Waals surface area contributed by atoms with Crippen LogP contribution in [-0.2, 0) is 15.7 Å². The average molecular weight is 306 g/mol. The van der Waals surface area contributed by atoms with E-state index in [1.807, 2.05) is 0 Å². The van der Waals surface area contributed by atoms with Crippen molar-refractivity contribution in [2.75, 3.05) is 19.0 Å². The number of benzene rings is 1. The highest BCUT2D eigenvalue weighted by molar-refractivity contribution is 7.80. The molecular weight excluding hydrogens is 293 g/mol. The number of alkyl halides is 3. The number of halogens is 3. The number of ether oxygens (including phenoxy) is 1. The summed E-state index contributed by atoms with van der Waals surface area (Å²) in [4.78, 5) is 11.1. The molecule has 0 aromatic heterocycles. The number of methoxy groups -OCH3 is 1. The highest BCUT2D eigenvalue weighted by Gasteiger charge is 2.34. The van der Waals surface area contributed by atoms with Crippen molar-refractivity contribution in [1.29, 1.82) is 0 Å². The molecule has 0 fully saturated rings. The second kappa shape index (κ2) is 6.67. The lowest BCUT2D eigenvalue weighted by molar-refractivity contribution is -0.137. The molecule has 0 saturated heterocycles. The Kier molecular flexibility index (Phi) is 5.46. The number of hydrogen-bond donors (Lipinski definition) is 2. The van der Waals surface area contributed by atoms with Gasteiger partial charge in [-0.1, -0.05) is 12.2 Å². The molecule has 8 heteroatoms. The van der Waals surface area contributed by atoms with Crippen molar-refractivity contribution in [3.8, 4) is 0 Å². The van der Waals surface area contributed by atoms with E-state index in [4.69, 9.17) is 10.5 Å². The van der Waals surface area contributed by atoms with Crippen LogP contribution in [0.15, 0.2) is 18.2 Å². The van der Waals surface area contributed by atoms with Gasteiger partial charge < -0.3 is 15.8 Å². The molecule has 1 aromatic carbocycles. The monoisotopic (exact) mass is 306 g/mol. The van der Waals surface area contributed by atoms with Gasteiger partial charge in [0.25, 0.3) is 0 Å². The van der Waals surface area contributed by atoms with Crippen LogP contribution in [0.3, 0.4) is 0 Å². The molecule has 0 unspecified atom stereocenters. The highest BCUT2D eigenvalue weighted by Crippen LogP contribution is 2.33. The third-order valence-electron chi connectivity index (χ3n) is 2.41. The summed E-state index contributed by atoms with van der Waals surface area (Å²) in [6.07, 6.45) is -4.55. The van der Waals surface area contributed by atoms with Gasteiger partial charge in [-0.15, -0.1) is 0 Å². The maximum absolute atomic E-state index is 12.9. The minimum absolute atomic E-state index is 0.0263. The predicted octanol–water partition coefficient (Wildman–Crippen LogP) is 2.31. The fraction of sp³-hybridized carbons (Fsp3) is 0.333. The van der Waals surface area contributed by atoms with E-state index in [1.54, 1.807) is 0 Å². The first-order valence-corrected chi connectivity index (χ1v) is 5.96. The number of thiocarbonyl (C=S) groups is 1. The third-order valence-corrected chi connectivity index (χ3v) is 2.63. The lowest BCUT2D eigenvalue weighted by atomic mass is 10.1. The number of carbonyl (C=O) groups is 1. The van der Waals surface area contributed by atoms with Crippen molar-refractivity contribution in [3.05, 3.63) is 29.3 Å². The second-order valence-corrected chi connectivity index (χ2v) is 4.35. The maximum Gasteiger partial charge on any atom is 0.417 e. The quantitative estimate of drug-likeness (QED) is 0.819. The van der Waals surface area contributed by atoms with Gasteiger partial charge in [-0.3, -0.25) is 4.79 Å². The lowest BCUT2D eigenvalue weighted by Crippen LogP contribution is -2.19. The van der Waals surface area contributed by atoms with Gasteiger partial charge in [0, 0.05) is 18.4 Å². The molecule has 20 heavy (non-hydrogen) atoms. The number of carbonyl (C=O) groups excluding carboxylic acids is 1. The van der Waals surface area contributed by atoms with Gasteiger partial charge in [-0.25, -0.2) is 0 Å². The molecule has 1 rings (SSSR count). The molecule has 0 heterocycles. The smallest absolute Gasteiger partial charge is 0.389 e. The topological polar surface area (TPSA) is 64.3 Å². The van der Waals surface area contributed by atoms with Crippen LogP contribution in [0.4, 0.5) is 18.9 Å². The van der Waals surface area contributed by atoms with E-state index in [0.717, 1.165) is 12.1 Å². The first-order chi connectivity index (χ1) is 9.25. The Morgan fingerprint density at radius 2 is 2.10 bits per heavy atom. The molecule has 1 amide bonds. The number of nitrogens with one attached hydrogen (secondary N) is 1. The summed E-state index contributed by atoms with van der Waals surface area (Å²) in [6.45, 7) is 0.183. The zero-order valence-electron chi connectivity index (χ0n) is 10.6. The van der Waals surface area contributed by atoms with Crippen LogP contribution in [-0.4, -0.2) is 24.6 Å². The Morgan fingerprint density at radius 3 is 2.60 bits per heavy atom. The van der Waals surface area contributed by atoms with Crippen molar-refractivity contribution in [2.24, 2.45) is 5.73 Å². The van der Waals surface area contributed by atoms with E-state index in [9.17, 15) is 18.0 Å². The van der Waals surface area contributed by atoms with E-state index >= 15 is 0 Å². The van der Waals surface area contributed by atoms with Gasteiger partial charge in [0.05, 0.1) is 18.6 Å². The van der Waals surface area contributed by atoms with Crippen molar-refractivity contribution < 1.29 is 22.7 Å². The Hall–Kier alpha value is -1.67. The SMILES string of the molecule is COCCC(=O)Nc1ccc(C(N)=S)c(C(F)(F)F)c1. The first kappa shape index (κ1) is 16.4. The molecule has 0 spiro atoms. The zero-order valence-corrected chi connectivity index (χ0v) is 11.4. The first-order valence-electron chi connectivity index (χ1n) is 5.55. The summed E-state index contributed by atoms with van der Waals surface area (Å²) >= 11 is 4.58. The fourth-order valence-corrected chi connectivity index (χ4v) is 1.67. The van der Waals surface area contributed by atoms with Gasteiger partial charge in [0.1, 0.15) is 4.99 Å². The van der Waals surface area contributed by atoms with Crippen molar-refractivity contribution in [3.63, 3.8) is 0 Å².